The molecule has 0 heterocycles. The fraction of sp³-hybridized carbons (Fsp3) is 0.0714. The van der Waals surface area contributed by atoms with Crippen molar-refractivity contribution in [3.05, 3.63) is 69.4 Å². The average Bonchev–Trinajstić information content (AvgIpc) is 2.43. The van der Waals surface area contributed by atoms with Crippen LogP contribution in [0.2, 0.25) is 0 Å². The monoisotopic (exact) mass is 343 g/mol. The summed E-state index contributed by atoms with van der Waals surface area (Å²) in [6.07, 6.45) is 0. The van der Waals surface area contributed by atoms with E-state index >= 15 is 0 Å². The van der Waals surface area contributed by atoms with Gasteiger partial charge < -0.3 is 5.32 Å². The molecule has 0 fully saturated rings. The third-order valence-corrected chi connectivity index (χ3v) is 3.23. The fourth-order valence-electron chi connectivity index (χ4n) is 1.57. The van der Waals surface area contributed by atoms with E-state index in [0.29, 0.717) is 5.56 Å². The van der Waals surface area contributed by atoms with Crippen LogP contribution in [0.5, 0.6) is 0 Å². The second-order valence-corrected chi connectivity index (χ2v) is 4.91. The number of amides is 1. The zero-order chi connectivity index (χ0) is 14.7. The second-order valence-electron chi connectivity index (χ2n) is 4.06. The number of nitrogens with one attached hydrogen (secondary N) is 1. The molecule has 0 aromatic heterocycles. The maximum Gasteiger partial charge on any atom is 0.251 e. The van der Waals surface area contributed by atoms with Crippen LogP contribution in [0.1, 0.15) is 15.9 Å². The molecule has 2 nitrogen and oxygen atoms in total. The van der Waals surface area contributed by atoms with Gasteiger partial charge in [-0.15, -0.1) is 0 Å². The van der Waals surface area contributed by atoms with Gasteiger partial charge in [0.2, 0.25) is 0 Å². The summed E-state index contributed by atoms with van der Waals surface area (Å²) in [5.74, 6) is -2.82. The van der Waals surface area contributed by atoms with Crippen molar-refractivity contribution in [1.82, 2.24) is 5.32 Å². The van der Waals surface area contributed by atoms with Crippen LogP contribution in [0, 0.1) is 17.5 Å². The first-order chi connectivity index (χ1) is 9.47. The number of carbonyl (C=O) groups is 1. The van der Waals surface area contributed by atoms with Gasteiger partial charge in [0.1, 0.15) is 5.82 Å². The van der Waals surface area contributed by atoms with E-state index in [-0.39, 0.29) is 16.6 Å². The van der Waals surface area contributed by atoms with Crippen molar-refractivity contribution in [2.45, 2.75) is 6.54 Å². The Bertz CT molecular complexity index is 661. The molecule has 0 bridgehead atoms. The lowest BCUT2D eigenvalue weighted by molar-refractivity contribution is 0.0950. The van der Waals surface area contributed by atoms with Crippen LogP contribution < -0.4 is 5.32 Å². The summed E-state index contributed by atoms with van der Waals surface area (Å²) in [6.45, 7) is 0.0467. The van der Waals surface area contributed by atoms with Gasteiger partial charge in [0.25, 0.3) is 5.91 Å². The SMILES string of the molecule is O=C(NCc1ccc(F)c(F)c1)c1ccc(F)c(Br)c1. The highest BCUT2D eigenvalue weighted by atomic mass is 79.9. The van der Waals surface area contributed by atoms with E-state index in [1.165, 1.54) is 18.2 Å². The molecule has 0 spiro atoms. The Kier molecular flexibility index (Phi) is 4.44. The first kappa shape index (κ1) is 14.6. The summed E-state index contributed by atoms with van der Waals surface area (Å²) in [5.41, 5.74) is 0.694. The van der Waals surface area contributed by atoms with Crippen LogP contribution in [0.25, 0.3) is 0 Å². The molecule has 0 saturated carbocycles. The van der Waals surface area contributed by atoms with Gasteiger partial charge in [-0.1, -0.05) is 6.07 Å². The van der Waals surface area contributed by atoms with Crippen LogP contribution >= 0.6 is 15.9 Å². The van der Waals surface area contributed by atoms with Gasteiger partial charge in [0.05, 0.1) is 4.47 Å². The molecule has 0 radical (unpaired) electrons. The first-order valence-corrected chi connectivity index (χ1v) is 6.44. The average molecular weight is 344 g/mol. The Balaban J connectivity index is 2.04. The van der Waals surface area contributed by atoms with Crippen molar-refractivity contribution in [2.75, 3.05) is 0 Å². The molecule has 1 N–H and O–H groups in total. The van der Waals surface area contributed by atoms with Gasteiger partial charge in [-0.25, -0.2) is 13.2 Å². The maximum atomic E-state index is 13.0. The fourth-order valence-corrected chi connectivity index (χ4v) is 1.95. The minimum absolute atomic E-state index is 0.0467. The van der Waals surface area contributed by atoms with E-state index < -0.39 is 23.4 Å². The van der Waals surface area contributed by atoms with Gasteiger partial charge in [0, 0.05) is 12.1 Å². The highest BCUT2D eigenvalue weighted by Gasteiger charge is 2.09. The van der Waals surface area contributed by atoms with E-state index in [2.05, 4.69) is 21.2 Å². The lowest BCUT2D eigenvalue weighted by atomic mass is 10.2. The molecule has 1 amide bonds. The molecule has 2 aromatic carbocycles. The molecule has 0 aliphatic carbocycles. The molecular formula is C14H9BrF3NO. The zero-order valence-electron chi connectivity index (χ0n) is 10.1. The van der Waals surface area contributed by atoms with Gasteiger partial charge in [0.15, 0.2) is 11.6 Å². The predicted octanol–water partition coefficient (Wildman–Crippen LogP) is 3.80. The number of benzene rings is 2. The van der Waals surface area contributed by atoms with E-state index in [4.69, 9.17) is 0 Å². The summed E-state index contributed by atoms with van der Waals surface area (Å²) < 4.78 is 38.9. The van der Waals surface area contributed by atoms with E-state index in [1.54, 1.807) is 0 Å². The quantitative estimate of drug-likeness (QED) is 0.902. The van der Waals surface area contributed by atoms with Crippen molar-refractivity contribution in [2.24, 2.45) is 0 Å². The number of carbonyl (C=O) groups excluding carboxylic acids is 1. The summed E-state index contributed by atoms with van der Waals surface area (Å²) >= 11 is 2.98. The Morgan fingerprint density at radius 3 is 2.35 bits per heavy atom. The van der Waals surface area contributed by atoms with Crippen molar-refractivity contribution < 1.29 is 18.0 Å². The van der Waals surface area contributed by atoms with Gasteiger partial charge >= 0.3 is 0 Å². The topological polar surface area (TPSA) is 29.1 Å². The van der Waals surface area contributed by atoms with Gasteiger partial charge in [-0.2, -0.15) is 0 Å². The van der Waals surface area contributed by atoms with Crippen molar-refractivity contribution in [1.29, 1.82) is 0 Å². The van der Waals surface area contributed by atoms with Crippen molar-refractivity contribution in [3.8, 4) is 0 Å². The van der Waals surface area contributed by atoms with E-state index in [9.17, 15) is 18.0 Å². The smallest absolute Gasteiger partial charge is 0.251 e. The van der Waals surface area contributed by atoms with Crippen LogP contribution in [0.15, 0.2) is 40.9 Å². The number of rotatable bonds is 3. The standard InChI is InChI=1S/C14H9BrF3NO/c15-10-6-9(2-4-11(10)16)14(20)19-7-8-1-3-12(17)13(18)5-8/h1-6H,7H2,(H,19,20). The molecule has 0 aliphatic heterocycles. The lowest BCUT2D eigenvalue weighted by Crippen LogP contribution is -2.22. The van der Waals surface area contributed by atoms with Gasteiger partial charge in [-0.3, -0.25) is 4.79 Å². The van der Waals surface area contributed by atoms with Crippen LogP contribution in [0.4, 0.5) is 13.2 Å². The molecule has 0 unspecified atom stereocenters. The lowest BCUT2D eigenvalue weighted by Gasteiger charge is -2.06. The van der Waals surface area contributed by atoms with Gasteiger partial charge in [-0.05, 0) is 51.8 Å². The normalized spacial score (nSPS) is 10.4. The molecular weight excluding hydrogens is 335 g/mol. The Hall–Kier alpha value is -1.82. The summed E-state index contributed by atoms with van der Waals surface area (Å²) in [5, 5.41) is 2.54. The summed E-state index contributed by atoms with van der Waals surface area (Å²) in [4.78, 5) is 11.8. The van der Waals surface area contributed by atoms with Crippen molar-refractivity contribution >= 4 is 21.8 Å². The molecule has 2 aromatic rings. The molecule has 20 heavy (non-hydrogen) atoms. The zero-order valence-corrected chi connectivity index (χ0v) is 11.7. The highest BCUT2D eigenvalue weighted by Crippen LogP contribution is 2.17. The molecule has 6 heteroatoms. The van der Waals surface area contributed by atoms with Crippen LogP contribution in [-0.2, 0) is 6.54 Å². The molecule has 104 valence electrons. The Morgan fingerprint density at radius 1 is 1.00 bits per heavy atom. The molecule has 0 saturated heterocycles. The van der Waals surface area contributed by atoms with E-state index in [1.807, 2.05) is 0 Å². The van der Waals surface area contributed by atoms with Crippen LogP contribution in [0.3, 0.4) is 0 Å². The second kappa shape index (κ2) is 6.09. The Labute approximate surface area is 121 Å². The molecule has 0 aliphatic rings. The first-order valence-electron chi connectivity index (χ1n) is 5.64. The third-order valence-electron chi connectivity index (χ3n) is 2.62. The molecule has 0 atom stereocenters. The predicted molar refractivity (Wildman–Crippen MR) is 71.6 cm³/mol. The Morgan fingerprint density at radius 2 is 1.70 bits per heavy atom. The minimum Gasteiger partial charge on any atom is -0.348 e. The van der Waals surface area contributed by atoms with E-state index in [0.717, 1.165) is 18.2 Å². The summed E-state index contributed by atoms with van der Waals surface area (Å²) in [6, 6.07) is 7.22. The number of hydrogen-bond acceptors (Lipinski definition) is 1. The van der Waals surface area contributed by atoms with Crippen LogP contribution in [-0.4, -0.2) is 5.91 Å². The summed E-state index contributed by atoms with van der Waals surface area (Å²) in [7, 11) is 0. The highest BCUT2D eigenvalue weighted by molar-refractivity contribution is 9.10. The largest absolute Gasteiger partial charge is 0.348 e. The number of hydrogen-bond donors (Lipinski definition) is 1. The van der Waals surface area contributed by atoms with Crippen molar-refractivity contribution in [3.63, 3.8) is 0 Å². The molecule has 2 rings (SSSR count). The maximum absolute atomic E-state index is 13.0. The number of halogens is 4. The minimum atomic E-state index is -0.971. The third kappa shape index (κ3) is 3.39.